The fourth-order valence-corrected chi connectivity index (χ4v) is 1.56. The topological polar surface area (TPSA) is 68.0 Å². The van der Waals surface area contributed by atoms with Crippen LogP contribution in [0, 0.1) is 6.92 Å². The molecule has 5 nitrogen and oxygen atoms in total. The second-order valence-corrected chi connectivity index (χ2v) is 4.59. The Kier molecular flexibility index (Phi) is 4.75. The minimum atomic E-state index is -0.699. The molecule has 0 aliphatic heterocycles. The van der Waals surface area contributed by atoms with E-state index >= 15 is 0 Å². The normalized spacial score (nSPS) is 13.0. The van der Waals surface area contributed by atoms with Gasteiger partial charge in [-0.3, -0.25) is 4.21 Å². The van der Waals surface area contributed by atoms with Gasteiger partial charge in [-0.2, -0.15) is 4.98 Å². The van der Waals surface area contributed by atoms with Gasteiger partial charge in [0.25, 0.3) is 0 Å². The van der Waals surface area contributed by atoms with Crippen molar-refractivity contribution in [3.63, 3.8) is 0 Å². The van der Waals surface area contributed by atoms with Crippen LogP contribution in [0.3, 0.4) is 0 Å². The van der Waals surface area contributed by atoms with Crippen molar-refractivity contribution in [2.75, 3.05) is 18.6 Å². The number of nitrogens with one attached hydrogen (secondary N) is 1. The molecule has 6 heteroatoms. The molecule has 1 unspecified atom stereocenters. The monoisotopic (exact) mass is 217 g/mol. The number of aryl methyl sites for hydroxylation is 1. The van der Waals surface area contributed by atoms with E-state index in [9.17, 15) is 4.21 Å². The predicted octanol–water partition coefficient (Wildman–Crippen LogP) is 0.236. The molecule has 1 heterocycles. The van der Waals surface area contributed by atoms with Crippen LogP contribution in [0.4, 0.5) is 0 Å². The first-order chi connectivity index (χ1) is 6.68. The van der Waals surface area contributed by atoms with Gasteiger partial charge in [0.15, 0.2) is 5.82 Å². The van der Waals surface area contributed by atoms with Gasteiger partial charge in [0, 0.05) is 29.7 Å². The summed E-state index contributed by atoms with van der Waals surface area (Å²) in [5, 5.41) is 6.89. The van der Waals surface area contributed by atoms with Gasteiger partial charge in [-0.25, -0.2) is 0 Å². The molecule has 1 aromatic rings. The minimum Gasteiger partial charge on any atom is -0.340 e. The van der Waals surface area contributed by atoms with Crippen LogP contribution < -0.4 is 5.32 Å². The highest BCUT2D eigenvalue weighted by molar-refractivity contribution is 7.84. The standard InChI is InChI=1S/C8H15N3O2S/c1-7-10-8(11-13-7)6-9-4-3-5-14(2)12/h9H,3-6H2,1-2H3. The smallest absolute Gasteiger partial charge is 0.223 e. The van der Waals surface area contributed by atoms with E-state index in [0.29, 0.717) is 18.3 Å². The molecule has 80 valence electrons. The predicted molar refractivity (Wildman–Crippen MR) is 54.3 cm³/mol. The zero-order chi connectivity index (χ0) is 10.4. The van der Waals surface area contributed by atoms with Crippen LogP contribution in [0.5, 0.6) is 0 Å². The Hall–Kier alpha value is -0.750. The summed E-state index contributed by atoms with van der Waals surface area (Å²) in [5.74, 6) is 1.98. The molecule has 14 heavy (non-hydrogen) atoms. The van der Waals surface area contributed by atoms with Gasteiger partial charge in [-0.05, 0) is 13.0 Å². The Morgan fingerprint density at radius 2 is 2.36 bits per heavy atom. The molecule has 1 rings (SSSR count). The van der Waals surface area contributed by atoms with Crippen LogP contribution in [-0.2, 0) is 17.3 Å². The molecular weight excluding hydrogens is 202 g/mol. The van der Waals surface area contributed by atoms with Gasteiger partial charge >= 0.3 is 0 Å². The van der Waals surface area contributed by atoms with Gasteiger partial charge in [-0.15, -0.1) is 0 Å². The van der Waals surface area contributed by atoms with Gasteiger partial charge in [0.05, 0.1) is 6.54 Å². The first kappa shape index (κ1) is 11.3. The summed E-state index contributed by atoms with van der Waals surface area (Å²) in [6.45, 7) is 3.19. The lowest BCUT2D eigenvalue weighted by molar-refractivity contribution is 0.385. The first-order valence-electron chi connectivity index (χ1n) is 4.48. The number of nitrogens with zero attached hydrogens (tertiary/aromatic N) is 2. The van der Waals surface area contributed by atoms with Crippen molar-refractivity contribution in [1.82, 2.24) is 15.5 Å². The third-order valence-corrected chi connectivity index (χ3v) is 2.50. The van der Waals surface area contributed by atoms with E-state index in [0.717, 1.165) is 18.7 Å². The lowest BCUT2D eigenvalue weighted by Crippen LogP contribution is -2.17. The number of rotatable bonds is 6. The molecule has 0 radical (unpaired) electrons. The molecule has 0 aliphatic carbocycles. The van der Waals surface area contributed by atoms with Crippen molar-refractivity contribution in [2.24, 2.45) is 0 Å². The average Bonchev–Trinajstić information content (AvgIpc) is 2.50. The molecule has 0 aromatic carbocycles. The molecule has 0 aliphatic rings. The summed E-state index contributed by atoms with van der Waals surface area (Å²) < 4.78 is 15.5. The fourth-order valence-electron chi connectivity index (χ4n) is 1.01. The van der Waals surface area contributed by atoms with Crippen molar-refractivity contribution in [3.05, 3.63) is 11.7 Å². The zero-order valence-corrected chi connectivity index (χ0v) is 9.26. The fraction of sp³-hybridized carbons (Fsp3) is 0.750. The quantitative estimate of drug-likeness (QED) is 0.691. The van der Waals surface area contributed by atoms with Crippen molar-refractivity contribution < 1.29 is 8.73 Å². The Morgan fingerprint density at radius 1 is 1.57 bits per heavy atom. The molecular formula is C8H15N3O2S. The zero-order valence-electron chi connectivity index (χ0n) is 8.45. The van der Waals surface area contributed by atoms with Gasteiger partial charge in [0.1, 0.15) is 0 Å². The van der Waals surface area contributed by atoms with Crippen molar-refractivity contribution in [1.29, 1.82) is 0 Å². The molecule has 0 saturated carbocycles. The lowest BCUT2D eigenvalue weighted by atomic mass is 10.4. The van der Waals surface area contributed by atoms with E-state index in [1.165, 1.54) is 0 Å². The highest BCUT2D eigenvalue weighted by atomic mass is 32.2. The van der Waals surface area contributed by atoms with Gasteiger partial charge < -0.3 is 9.84 Å². The Labute approximate surface area is 85.7 Å². The van der Waals surface area contributed by atoms with Crippen LogP contribution in [0.1, 0.15) is 18.1 Å². The maximum Gasteiger partial charge on any atom is 0.223 e. The molecule has 0 bridgehead atoms. The molecule has 1 atom stereocenters. The SMILES string of the molecule is Cc1nc(CNCCCS(C)=O)no1. The summed E-state index contributed by atoms with van der Waals surface area (Å²) in [6, 6.07) is 0. The van der Waals surface area contributed by atoms with E-state index in [4.69, 9.17) is 4.52 Å². The van der Waals surface area contributed by atoms with E-state index in [1.54, 1.807) is 13.2 Å². The molecule has 0 fully saturated rings. The van der Waals surface area contributed by atoms with Crippen molar-refractivity contribution in [3.8, 4) is 0 Å². The second kappa shape index (κ2) is 5.87. The second-order valence-electron chi connectivity index (χ2n) is 3.04. The molecule has 1 aromatic heterocycles. The third-order valence-electron chi connectivity index (χ3n) is 1.64. The van der Waals surface area contributed by atoms with Gasteiger partial charge in [0.2, 0.25) is 5.89 Å². The van der Waals surface area contributed by atoms with E-state index in [2.05, 4.69) is 15.5 Å². The highest BCUT2D eigenvalue weighted by Crippen LogP contribution is 1.93. The average molecular weight is 217 g/mol. The highest BCUT2D eigenvalue weighted by Gasteiger charge is 2.00. The Bertz CT molecular complexity index is 301. The molecule has 0 saturated heterocycles. The summed E-state index contributed by atoms with van der Waals surface area (Å²) in [5.41, 5.74) is 0. The van der Waals surface area contributed by atoms with E-state index < -0.39 is 10.8 Å². The van der Waals surface area contributed by atoms with E-state index in [-0.39, 0.29) is 0 Å². The third kappa shape index (κ3) is 4.48. The summed E-state index contributed by atoms with van der Waals surface area (Å²) >= 11 is 0. The Morgan fingerprint density at radius 3 is 2.93 bits per heavy atom. The molecule has 0 spiro atoms. The number of hydrogen-bond donors (Lipinski definition) is 1. The van der Waals surface area contributed by atoms with E-state index in [1.807, 2.05) is 0 Å². The summed E-state index contributed by atoms with van der Waals surface area (Å²) in [4.78, 5) is 4.04. The van der Waals surface area contributed by atoms with Crippen LogP contribution in [0.25, 0.3) is 0 Å². The number of hydrogen-bond acceptors (Lipinski definition) is 5. The molecule has 1 N–H and O–H groups in total. The minimum absolute atomic E-state index is 0.580. The maximum absolute atomic E-state index is 10.7. The van der Waals surface area contributed by atoms with Gasteiger partial charge in [-0.1, -0.05) is 5.16 Å². The van der Waals surface area contributed by atoms with Crippen LogP contribution in [-0.4, -0.2) is 32.9 Å². The largest absolute Gasteiger partial charge is 0.340 e. The summed E-state index contributed by atoms with van der Waals surface area (Å²) in [6.07, 6.45) is 2.61. The number of aromatic nitrogens is 2. The molecule has 0 amide bonds. The summed E-state index contributed by atoms with van der Waals surface area (Å²) in [7, 11) is -0.699. The Balaban J connectivity index is 2.07. The lowest BCUT2D eigenvalue weighted by Gasteiger charge is -1.99. The van der Waals surface area contributed by atoms with Crippen LogP contribution >= 0.6 is 0 Å². The maximum atomic E-state index is 10.7. The van der Waals surface area contributed by atoms with Crippen LogP contribution in [0.15, 0.2) is 4.52 Å². The van der Waals surface area contributed by atoms with Crippen LogP contribution in [0.2, 0.25) is 0 Å². The van der Waals surface area contributed by atoms with Crippen molar-refractivity contribution >= 4 is 10.8 Å². The first-order valence-corrected chi connectivity index (χ1v) is 6.21. The van der Waals surface area contributed by atoms with Crippen molar-refractivity contribution in [2.45, 2.75) is 19.9 Å².